The van der Waals surface area contributed by atoms with Crippen LogP contribution in [0.3, 0.4) is 0 Å². The van der Waals surface area contributed by atoms with E-state index in [1.165, 1.54) is 11.3 Å². The predicted molar refractivity (Wildman–Crippen MR) is 122 cm³/mol. The quantitative estimate of drug-likeness (QED) is 0.260. The summed E-state index contributed by atoms with van der Waals surface area (Å²) in [6.45, 7) is 8.52. The first-order valence-corrected chi connectivity index (χ1v) is 12.0. The third kappa shape index (κ3) is 4.86. The maximum Gasteiger partial charge on any atom is 0.344 e. The van der Waals surface area contributed by atoms with E-state index in [0.29, 0.717) is 17.4 Å². The fraction of sp³-hybridized carbons (Fsp3) is 0.480. The third-order valence-electron chi connectivity index (χ3n) is 6.79. The van der Waals surface area contributed by atoms with Crippen LogP contribution in [-0.4, -0.2) is 54.4 Å². The molecule has 4 heterocycles. The Bertz CT molecular complexity index is 861. The minimum atomic E-state index is -1.64. The third-order valence-corrected chi connectivity index (χ3v) is 7.82. The number of hydrogen-bond donors (Lipinski definition) is 1. The van der Waals surface area contributed by atoms with Gasteiger partial charge in [-0.05, 0) is 23.6 Å². The van der Waals surface area contributed by atoms with Gasteiger partial charge in [-0.2, -0.15) is 0 Å². The number of rotatable bonds is 10. The second-order valence-electron chi connectivity index (χ2n) is 8.82. The molecule has 0 aliphatic carbocycles. The van der Waals surface area contributed by atoms with Crippen LogP contribution < -0.4 is 4.74 Å². The lowest BCUT2D eigenvalue weighted by Crippen LogP contribution is -2.65. The molecule has 0 saturated carbocycles. The summed E-state index contributed by atoms with van der Waals surface area (Å²) in [5, 5.41) is 13.0. The fourth-order valence-electron chi connectivity index (χ4n) is 5.02. The van der Waals surface area contributed by atoms with Crippen molar-refractivity contribution in [2.75, 3.05) is 32.8 Å². The van der Waals surface area contributed by atoms with Gasteiger partial charge in [-0.25, -0.2) is 4.79 Å². The highest BCUT2D eigenvalue weighted by molar-refractivity contribution is 7.10. The Balaban J connectivity index is 1.35. The van der Waals surface area contributed by atoms with E-state index in [1.807, 2.05) is 41.8 Å². The van der Waals surface area contributed by atoms with Gasteiger partial charge in [-0.15, -0.1) is 17.9 Å². The summed E-state index contributed by atoms with van der Waals surface area (Å²) >= 11 is 1.37. The lowest BCUT2D eigenvalue weighted by molar-refractivity contribution is -0.946. The summed E-state index contributed by atoms with van der Waals surface area (Å²) in [6, 6.07) is 13.5. The van der Waals surface area contributed by atoms with Gasteiger partial charge in [-0.1, -0.05) is 30.3 Å². The second-order valence-corrected chi connectivity index (χ2v) is 9.77. The average Bonchev–Trinajstić information content (AvgIpc) is 3.34. The van der Waals surface area contributed by atoms with Crippen LogP contribution in [0, 0.1) is 5.92 Å². The Morgan fingerprint density at radius 2 is 2.00 bits per heavy atom. The van der Waals surface area contributed by atoms with E-state index < -0.39 is 11.6 Å². The molecule has 2 bridgehead atoms. The molecule has 0 radical (unpaired) electrons. The molecule has 3 saturated heterocycles. The molecule has 2 aromatic rings. The van der Waals surface area contributed by atoms with Crippen LogP contribution in [0.5, 0.6) is 5.75 Å². The highest BCUT2D eigenvalue weighted by Gasteiger charge is 2.49. The molecule has 1 aromatic carbocycles. The molecule has 1 N–H and O–H groups in total. The average molecular weight is 443 g/mol. The molecule has 3 aliphatic rings. The van der Waals surface area contributed by atoms with Gasteiger partial charge in [0, 0.05) is 36.5 Å². The number of ether oxygens (including phenoxy) is 2. The highest BCUT2D eigenvalue weighted by atomic mass is 32.1. The summed E-state index contributed by atoms with van der Waals surface area (Å²) in [4.78, 5) is 13.7. The van der Waals surface area contributed by atoms with Gasteiger partial charge >= 0.3 is 5.97 Å². The predicted octanol–water partition coefficient (Wildman–Crippen LogP) is 4.13. The number of nitrogens with zero attached hydrogens (tertiary/aromatic N) is 1. The van der Waals surface area contributed by atoms with E-state index in [4.69, 9.17) is 9.47 Å². The van der Waals surface area contributed by atoms with Crippen LogP contribution >= 0.6 is 11.3 Å². The lowest BCUT2D eigenvalue weighted by atomic mass is 9.83. The standard InChI is InChI=1S/C25H32NO4S/c1-2-13-25(28,23-10-6-18-31-23)24(27)30-22-19-26(15-11-20(22)12-16-26)14-7-17-29-21-8-4-3-5-9-21/h2-6,8-10,18,20,22,28H,1,7,11-17,19H2/q+1/t20?,22-,25?,26?/m0/s1. The molecule has 2 atom stereocenters. The first kappa shape index (κ1) is 22.1. The number of esters is 1. The van der Waals surface area contributed by atoms with Crippen molar-refractivity contribution in [3.63, 3.8) is 0 Å². The van der Waals surface area contributed by atoms with Gasteiger partial charge in [0.15, 0.2) is 11.7 Å². The van der Waals surface area contributed by atoms with E-state index >= 15 is 0 Å². The van der Waals surface area contributed by atoms with Crippen LogP contribution in [0.4, 0.5) is 0 Å². The number of carbonyl (C=O) groups excluding carboxylic acids is 1. The fourth-order valence-corrected chi connectivity index (χ4v) is 5.84. The molecular formula is C25H32NO4S+. The van der Waals surface area contributed by atoms with Gasteiger partial charge < -0.3 is 19.1 Å². The molecule has 0 amide bonds. The molecule has 3 aliphatic heterocycles. The van der Waals surface area contributed by atoms with Crippen molar-refractivity contribution in [1.82, 2.24) is 0 Å². The van der Waals surface area contributed by atoms with Gasteiger partial charge in [-0.3, -0.25) is 0 Å². The maximum atomic E-state index is 13.1. The van der Waals surface area contributed by atoms with Gasteiger partial charge in [0.1, 0.15) is 12.3 Å². The zero-order valence-corrected chi connectivity index (χ0v) is 18.8. The van der Waals surface area contributed by atoms with E-state index in [-0.39, 0.29) is 12.5 Å². The number of piperidine rings is 3. The molecule has 3 fully saturated rings. The van der Waals surface area contributed by atoms with Crippen molar-refractivity contribution < 1.29 is 23.9 Å². The Morgan fingerprint density at radius 3 is 2.68 bits per heavy atom. The van der Waals surface area contributed by atoms with Crippen molar-refractivity contribution in [3.8, 4) is 5.75 Å². The summed E-state index contributed by atoms with van der Waals surface area (Å²) < 4.78 is 12.8. The smallest absolute Gasteiger partial charge is 0.344 e. The van der Waals surface area contributed by atoms with Crippen LogP contribution in [0.2, 0.25) is 0 Å². The van der Waals surface area contributed by atoms with Crippen molar-refractivity contribution in [1.29, 1.82) is 0 Å². The monoisotopic (exact) mass is 442 g/mol. The number of quaternary nitrogens is 1. The van der Waals surface area contributed by atoms with Gasteiger partial charge in [0.2, 0.25) is 0 Å². The molecule has 5 rings (SSSR count). The lowest BCUT2D eigenvalue weighted by Gasteiger charge is -2.52. The number of hydrogen-bond acceptors (Lipinski definition) is 5. The van der Waals surface area contributed by atoms with Gasteiger partial charge in [0.25, 0.3) is 0 Å². The first-order chi connectivity index (χ1) is 15.0. The van der Waals surface area contributed by atoms with Gasteiger partial charge in [0.05, 0.1) is 26.2 Å². The Kier molecular flexibility index (Phi) is 6.80. The summed E-state index contributed by atoms with van der Waals surface area (Å²) in [6.07, 6.45) is 4.70. The van der Waals surface area contributed by atoms with E-state index in [9.17, 15) is 9.90 Å². The number of aliphatic hydroxyl groups is 1. The summed E-state index contributed by atoms with van der Waals surface area (Å²) in [5.74, 6) is 0.752. The van der Waals surface area contributed by atoms with Crippen LogP contribution in [0.15, 0.2) is 60.5 Å². The molecule has 1 unspecified atom stereocenters. The number of carbonyl (C=O) groups is 1. The normalized spacial score (nSPS) is 26.7. The zero-order valence-electron chi connectivity index (χ0n) is 17.9. The Labute approximate surface area is 188 Å². The van der Waals surface area contributed by atoms with Crippen LogP contribution in [-0.2, 0) is 15.1 Å². The van der Waals surface area contributed by atoms with E-state index in [0.717, 1.165) is 55.7 Å². The topological polar surface area (TPSA) is 55.8 Å². The zero-order chi connectivity index (χ0) is 21.7. The second kappa shape index (κ2) is 9.55. The minimum Gasteiger partial charge on any atom is -0.493 e. The highest BCUT2D eigenvalue weighted by Crippen LogP contribution is 2.38. The van der Waals surface area contributed by atoms with Crippen molar-refractivity contribution in [3.05, 3.63) is 65.4 Å². The molecule has 31 heavy (non-hydrogen) atoms. The van der Waals surface area contributed by atoms with E-state index in [2.05, 4.69) is 6.58 Å². The number of para-hydroxylation sites is 1. The molecule has 166 valence electrons. The van der Waals surface area contributed by atoms with Crippen molar-refractivity contribution in [2.45, 2.75) is 37.4 Å². The Morgan fingerprint density at radius 1 is 1.23 bits per heavy atom. The van der Waals surface area contributed by atoms with E-state index in [1.54, 1.807) is 12.1 Å². The molecule has 6 heteroatoms. The number of fused-ring (bicyclic) bond motifs is 3. The Hall–Kier alpha value is -2.15. The number of thiophene rings is 1. The molecule has 5 nitrogen and oxygen atoms in total. The molecule has 1 aromatic heterocycles. The first-order valence-electron chi connectivity index (χ1n) is 11.2. The SMILES string of the molecule is C=CCC(O)(C(=O)O[C@H]1C[N+]2(CCCOc3ccccc3)CCC1CC2)c1cccs1. The summed E-state index contributed by atoms with van der Waals surface area (Å²) in [5.41, 5.74) is -1.64. The minimum absolute atomic E-state index is 0.138. The van der Waals surface area contributed by atoms with Crippen LogP contribution in [0.1, 0.15) is 30.6 Å². The van der Waals surface area contributed by atoms with Crippen molar-refractivity contribution >= 4 is 17.3 Å². The van der Waals surface area contributed by atoms with Crippen molar-refractivity contribution in [2.24, 2.45) is 5.92 Å². The maximum absolute atomic E-state index is 13.1. The summed E-state index contributed by atoms with van der Waals surface area (Å²) in [7, 11) is 0. The number of benzene rings is 1. The van der Waals surface area contributed by atoms with Crippen LogP contribution in [0.25, 0.3) is 0 Å². The molecular weight excluding hydrogens is 410 g/mol. The largest absolute Gasteiger partial charge is 0.493 e. The molecule has 0 spiro atoms.